The highest BCUT2D eigenvalue weighted by molar-refractivity contribution is 6.31. The Morgan fingerprint density at radius 1 is 1.05 bits per heavy atom. The molecule has 7 rings (SSSR count). The van der Waals surface area contributed by atoms with Crippen molar-refractivity contribution in [2.24, 2.45) is 5.92 Å². The number of hydrogen-bond donors (Lipinski definition) is 0. The van der Waals surface area contributed by atoms with Crippen LogP contribution >= 0.6 is 0 Å². The number of allylic oxidation sites excluding steroid dienone is 2. The number of amides is 2. The van der Waals surface area contributed by atoms with Gasteiger partial charge in [-0.3, -0.25) is 9.20 Å². The van der Waals surface area contributed by atoms with E-state index in [1.54, 1.807) is 18.3 Å². The summed E-state index contributed by atoms with van der Waals surface area (Å²) in [5.41, 5.74) is 5.83. The van der Waals surface area contributed by atoms with Crippen molar-refractivity contribution in [3.8, 4) is 0 Å². The first-order valence-electron chi connectivity index (χ1n) is 13.5. The summed E-state index contributed by atoms with van der Waals surface area (Å²) in [6.45, 7) is 5.34. The second-order valence-electron chi connectivity index (χ2n) is 10.9. The summed E-state index contributed by atoms with van der Waals surface area (Å²) in [5.74, 6) is 0.407. The first-order valence-corrected chi connectivity index (χ1v) is 13.5. The lowest BCUT2D eigenvalue weighted by Crippen LogP contribution is -2.46. The monoisotopic (exact) mass is 511 g/mol. The zero-order valence-corrected chi connectivity index (χ0v) is 21.5. The number of urea groups is 1. The highest BCUT2D eigenvalue weighted by atomic mass is 19.1. The largest absolute Gasteiger partial charge is 0.345 e. The minimum Gasteiger partial charge on any atom is -0.345 e. The molecule has 0 unspecified atom stereocenters. The zero-order chi connectivity index (χ0) is 26.0. The van der Waals surface area contributed by atoms with E-state index in [4.69, 9.17) is 0 Å². The zero-order valence-electron chi connectivity index (χ0n) is 21.5. The molecule has 1 aromatic carbocycles. The number of fused-ring (bicyclic) bond motifs is 1. The molecule has 5 heterocycles. The summed E-state index contributed by atoms with van der Waals surface area (Å²) in [6, 6.07) is 8.95. The summed E-state index contributed by atoms with van der Waals surface area (Å²) in [7, 11) is 0. The fourth-order valence-corrected chi connectivity index (χ4v) is 6.44. The lowest BCUT2D eigenvalue weighted by atomic mass is 9.98. The van der Waals surface area contributed by atoms with Crippen LogP contribution in [0.4, 0.5) is 9.18 Å². The Hall–Kier alpha value is -3.94. The van der Waals surface area contributed by atoms with Gasteiger partial charge in [0.1, 0.15) is 11.5 Å². The number of imidazole rings is 1. The van der Waals surface area contributed by atoms with Crippen LogP contribution in [0.5, 0.6) is 0 Å². The Morgan fingerprint density at radius 2 is 1.89 bits per heavy atom. The maximum Gasteiger partial charge on any atom is 0.320 e. The number of Topliss-reactive ketones (excluding diaryl/α,β-unsaturated/α-hetero) is 1. The van der Waals surface area contributed by atoms with Crippen molar-refractivity contribution in [3.63, 3.8) is 0 Å². The van der Waals surface area contributed by atoms with Gasteiger partial charge >= 0.3 is 6.03 Å². The molecule has 1 fully saturated rings. The predicted molar refractivity (Wildman–Crippen MR) is 144 cm³/mol. The smallest absolute Gasteiger partial charge is 0.320 e. The van der Waals surface area contributed by atoms with E-state index in [-0.39, 0.29) is 17.6 Å². The topological polar surface area (TPSA) is 62.9 Å². The van der Waals surface area contributed by atoms with Gasteiger partial charge in [-0.05, 0) is 60.6 Å². The van der Waals surface area contributed by atoms with E-state index >= 15 is 4.39 Å². The Morgan fingerprint density at radius 3 is 2.74 bits per heavy atom. The lowest BCUT2D eigenvalue weighted by molar-refractivity contribution is -0.113. The summed E-state index contributed by atoms with van der Waals surface area (Å²) >= 11 is 0. The number of carbonyl (C=O) groups excluding carboxylic acids is 2. The molecule has 2 amide bonds. The first kappa shape index (κ1) is 23.2. The molecule has 4 aromatic rings. The van der Waals surface area contributed by atoms with Crippen molar-refractivity contribution in [1.82, 2.24) is 23.8 Å². The van der Waals surface area contributed by atoms with Gasteiger partial charge in [0, 0.05) is 68.1 Å². The number of pyridine rings is 1. The number of rotatable bonds is 2. The molecular weight excluding hydrogens is 481 g/mol. The Bertz CT molecular complexity index is 1640. The quantitative estimate of drug-likeness (QED) is 0.364. The number of aromatic nitrogens is 3. The predicted octanol–water partition coefficient (Wildman–Crippen LogP) is 5.37. The van der Waals surface area contributed by atoms with E-state index < -0.39 is 0 Å². The lowest BCUT2D eigenvalue weighted by Gasteiger charge is -2.34. The average Bonchev–Trinajstić information content (AvgIpc) is 3.57. The molecule has 3 aliphatic rings. The minimum atomic E-state index is -0.325. The van der Waals surface area contributed by atoms with E-state index in [1.807, 2.05) is 38.6 Å². The fraction of sp³-hybridized carbons (Fsp3) is 0.367. The standard InChI is InChI=1S/C30H30FN5O2/c1-19-7-10-33(11-8-19)30(38)35-13-12-34-18-24(23-15-21(31)14-20(17-35)29(23)34)22-5-6-26(37)28(22)25-16-32-27-4-2-3-9-36(25)27/h2-4,9,14-16,18-19H,5-8,10-13,17H2,1H3. The molecular formula is C30H30FN5O2. The summed E-state index contributed by atoms with van der Waals surface area (Å²) in [4.78, 5) is 34.9. The third-order valence-electron chi connectivity index (χ3n) is 8.49. The highest BCUT2D eigenvalue weighted by Gasteiger charge is 2.32. The van der Waals surface area contributed by atoms with Gasteiger partial charge in [-0.25, -0.2) is 14.2 Å². The van der Waals surface area contributed by atoms with Gasteiger partial charge in [-0.2, -0.15) is 0 Å². The summed E-state index contributed by atoms with van der Waals surface area (Å²) < 4.78 is 19.2. The minimum absolute atomic E-state index is 0.0410. The molecule has 0 atom stereocenters. The number of hydrogen-bond acceptors (Lipinski definition) is 3. The van der Waals surface area contributed by atoms with Crippen LogP contribution < -0.4 is 0 Å². The maximum absolute atomic E-state index is 15.1. The second-order valence-corrected chi connectivity index (χ2v) is 10.9. The molecule has 0 N–H and O–H groups in total. The van der Waals surface area contributed by atoms with Crippen LogP contribution in [0.3, 0.4) is 0 Å². The molecule has 7 nitrogen and oxygen atoms in total. The van der Waals surface area contributed by atoms with Crippen LogP contribution in [0.15, 0.2) is 48.9 Å². The third-order valence-corrected chi connectivity index (χ3v) is 8.49. The van der Waals surface area contributed by atoms with Gasteiger partial charge in [0.05, 0.1) is 17.4 Å². The van der Waals surface area contributed by atoms with E-state index in [0.29, 0.717) is 44.0 Å². The van der Waals surface area contributed by atoms with Crippen LogP contribution in [-0.2, 0) is 17.9 Å². The molecule has 194 valence electrons. The van der Waals surface area contributed by atoms with Crippen molar-refractivity contribution in [1.29, 1.82) is 0 Å². The van der Waals surface area contributed by atoms with Crippen LogP contribution in [-0.4, -0.2) is 55.2 Å². The Labute approximate surface area is 220 Å². The highest BCUT2D eigenvalue weighted by Crippen LogP contribution is 2.42. The van der Waals surface area contributed by atoms with Crippen molar-refractivity contribution in [2.45, 2.75) is 45.7 Å². The normalized spacial score (nSPS) is 18.7. The molecule has 0 bridgehead atoms. The number of benzene rings is 1. The molecule has 0 spiro atoms. The fourth-order valence-electron chi connectivity index (χ4n) is 6.44. The SMILES string of the molecule is CC1CCN(C(=O)N2CCn3cc(C4=C(c5cnc6ccccn56)C(=O)CC4)c4cc(F)cc(c43)C2)CC1. The maximum atomic E-state index is 15.1. The Balaban J connectivity index is 1.31. The van der Waals surface area contributed by atoms with Gasteiger partial charge in [0.25, 0.3) is 0 Å². The van der Waals surface area contributed by atoms with E-state index in [9.17, 15) is 9.59 Å². The van der Waals surface area contributed by atoms with Gasteiger partial charge in [0.2, 0.25) is 0 Å². The molecule has 1 saturated heterocycles. The molecule has 38 heavy (non-hydrogen) atoms. The number of nitrogens with zero attached hydrogens (tertiary/aromatic N) is 5. The van der Waals surface area contributed by atoms with Crippen LogP contribution in [0.25, 0.3) is 27.7 Å². The molecule has 3 aromatic heterocycles. The van der Waals surface area contributed by atoms with Crippen LogP contribution in [0.2, 0.25) is 0 Å². The molecule has 0 saturated carbocycles. The third kappa shape index (κ3) is 3.65. The van der Waals surface area contributed by atoms with E-state index in [2.05, 4.69) is 22.7 Å². The molecule has 0 radical (unpaired) electrons. The Kier molecular flexibility index (Phi) is 5.39. The van der Waals surface area contributed by atoms with E-state index in [1.165, 1.54) is 0 Å². The second kappa shape index (κ2) is 8.82. The van der Waals surface area contributed by atoms with Crippen LogP contribution in [0.1, 0.15) is 49.4 Å². The molecule has 1 aliphatic carbocycles. The molecule has 8 heteroatoms. The van der Waals surface area contributed by atoms with Gasteiger partial charge < -0.3 is 14.4 Å². The summed E-state index contributed by atoms with van der Waals surface area (Å²) in [5, 5.41) is 0.803. The summed E-state index contributed by atoms with van der Waals surface area (Å²) in [6.07, 6.45) is 8.81. The number of piperidine rings is 1. The number of likely N-dealkylation sites (tertiary alicyclic amines) is 1. The molecule has 2 aliphatic heterocycles. The number of halogens is 1. The van der Waals surface area contributed by atoms with E-state index in [0.717, 1.165) is 64.9 Å². The number of ketones is 1. The van der Waals surface area contributed by atoms with Crippen molar-refractivity contribution < 1.29 is 14.0 Å². The van der Waals surface area contributed by atoms with Crippen molar-refractivity contribution in [3.05, 3.63) is 71.6 Å². The van der Waals surface area contributed by atoms with Gasteiger partial charge in [0.15, 0.2) is 5.78 Å². The van der Waals surface area contributed by atoms with Crippen molar-refractivity contribution in [2.75, 3.05) is 19.6 Å². The average molecular weight is 512 g/mol. The van der Waals surface area contributed by atoms with Crippen LogP contribution in [0, 0.1) is 11.7 Å². The first-order chi connectivity index (χ1) is 18.5. The van der Waals surface area contributed by atoms with Gasteiger partial charge in [-0.1, -0.05) is 13.0 Å². The van der Waals surface area contributed by atoms with Gasteiger partial charge in [-0.15, -0.1) is 0 Å². The van der Waals surface area contributed by atoms with Crippen molar-refractivity contribution >= 4 is 39.5 Å². The number of carbonyl (C=O) groups is 2.